The molecule has 0 heterocycles. The smallest absolute Gasteiger partial charge is 0.270 e. The number of hydrogen-bond acceptors (Lipinski definition) is 2. The summed E-state index contributed by atoms with van der Waals surface area (Å²) >= 11 is 0. The fraction of sp³-hybridized carbons (Fsp3) is 0.500. The zero-order valence-corrected chi connectivity index (χ0v) is 9.29. The number of ether oxygens (including phenoxy) is 1. The van der Waals surface area contributed by atoms with Crippen LogP contribution in [0.1, 0.15) is 25.3 Å². The quantitative estimate of drug-likeness (QED) is 0.888. The first-order chi connectivity index (χ1) is 7.86. The summed E-state index contributed by atoms with van der Waals surface area (Å²) in [5.74, 6) is -3.91. The maximum atomic E-state index is 13.5. The molecule has 1 fully saturated rings. The second kappa shape index (κ2) is 4.22. The molecule has 2 rings (SSSR count). The first-order valence-corrected chi connectivity index (χ1v) is 5.39. The molecule has 17 heavy (non-hydrogen) atoms. The van der Waals surface area contributed by atoms with Gasteiger partial charge < -0.3 is 9.84 Å². The van der Waals surface area contributed by atoms with E-state index in [1.165, 1.54) is 6.07 Å². The zero-order valence-electron chi connectivity index (χ0n) is 9.29. The summed E-state index contributed by atoms with van der Waals surface area (Å²) in [4.78, 5) is 0. The van der Waals surface area contributed by atoms with E-state index >= 15 is 0 Å². The van der Waals surface area contributed by atoms with E-state index in [0.717, 1.165) is 12.1 Å². The highest BCUT2D eigenvalue weighted by atomic mass is 19.3. The Labute approximate surface area is 97.0 Å². The lowest BCUT2D eigenvalue weighted by atomic mass is 9.92. The van der Waals surface area contributed by atoms with Gasteiger partial charge in [0.15, 0.2) is 11.6 Å². The summed E-state index contributed by atoms with van der Waals surface area (Å²) in [5.41, 5.74) is -0.379. The van der Waals surface area contributed by atoms with Crippen molar-refractivity contribution in [1.82, 2.24) is 0 Å². The van der Waals surface area contributed by atoms with Gasteiger partial charge in [0, 0.05) is 25.3 Å². The van der Waals surface area contributed by atoms with Crippen molar-refractivity contribution in [2.24, 2.45) is 0 Å². The molecule has 1 aromatic carbocycles. The number of halogens is 3. The standard InChI is InChI=1S/C12H13F3O2/c1-12(14,15)7-2-3-11(10(13)4-7)17-9-5-8(16)6-9/h2-4,8-9,16H,5-6H2,1H3. The van der Waals surface area contributed by atoms with Crippen molar-refractivity contribution in [2.45, 2.75) is 37.9 Å². The van der Waals surface area contributed by atoms with Crippen molar-refractivity contribution in [2.75, 3.05) is 0 Å². The first kappa shape index (κ1) is 12.2. The summed E-state index contributed by atoms with van der Waals surface area (Å²) in [6.07, 6.45) is 0.269. The number of alkyl halides is 2. The van der Waals surface area contributed by atoms with Crippen molar-refractivity contribution in [3.63, 3.8) is 0 Å². The molecule has 1 saturated carbocycles. The summed E-state index contributed by atoms with van der Waals surface area (Å²) in [7, 11) is 0. The fourth-order valence-corrected chi connectivity index (χ4v) is 1.68. The third-order valence-corrected chi connectivity index (χ3v) is 2.80. The molecule has 1 aliphatic carbocycles. The van der Waals surface area contributed by atoms with Crippen LogP contribution in [-0.2, 0) is 5.92 Å². The SMILES string of the molecule is CC(F)(F)c1ccc(OC2CC(O)C2)c(F)c1. The predicted octanol–water partition coefficient (Wildman–Crippen LogP) is 2.84. The molecular weight excluding hydrogens is 233 g/mol. The second-order valence-corrected chi connectivity index (χ2v) is 4.40. The molecular formula is C12H13F3O2. The Morgan fingerprint density at radius 2 is 2.00 bits per heavy atom. The van der Waals surface area contributed by atoms with Gasteiger partial charge in [-0.05, 0) is 18.2 Å². The van der Waals surface area contributed by atoms with Gasteiger partial charge in [-0.1, -0.05) is 0 Å². The topological polar surface area (TPSA) is 29.5 Å². The molecule has 0 unspecified atom stereocenters. The summed E-state index contributed by atoms with van der Waals surface area (Å²) in [6, 6.07) is 3.13. The highest BCUT2D eigenvalue weighted by Crippen LogP contribution is 2.32. The van der Waals surface area contributed by atoms with Crippen LogP contribution in [0, 0.1) is 5.82 Å². The van der Waals surface area contributed by atoms with E-state index in [0.29, 0.717) is 19.8 Å². The Morgan fingerprint density at radius 1 is 1.35 bits per heavy atom. The highest BCUT2D eigenvalue weighted by molar-refractivity contribution is 5.31. The third kappa shape index (κ3) is 2.72. The fourth-order valence-electron chi connectivity index (χ4n) is 1.68. The van der Waals surface area contributed by atoms with Crippen LogP contribution in [-0.4, -0.2) is 17.3 Å². The first-order valence-electron chi connectivity index (χ1n) is 5.39. The van der Waals surface area contributed by atoms with Crippen LogP contribution in [0.2, 0.25) is 0 Å². The van der Waals surface area contributed by atoms with Gasteiger partial charge in [-0.3, -0.25) is 0 Å². The molecule has 1 aliphatic rings. The van der Waals surface area contributed by atoms with E-state index in [4.69, 9.17) is 9.84 Å². The van der Waals surface area contributed by atoms with Crippen LogP contribution in [0.15, 0.2) is 18.2 Å². The number of rotatable bonds is 3. The lowest BCUT2D eigenvalue weighted by Crippen LogP contribution is -2.37. The number of aliphatic hydroxyl groups excluding tert-OH is 1. The molecule has 5 heteroatoms. The maximum Gasteiger partial charge on any atom is 0.270 e. The number of benzene rings is 1. The summed E-state index contributed by atoms with van der Waals surface area (Å²) in [6.45, 7) is 0.713. The molecule has 0 amide bonds. The van der Waals surface area contributed by atoms with E-state index in [9.17, 15) is 13.2 Å². The van der Waals surface area contributed by atoms with Gasteiger partial charge in [0.1, 0.15) is 6.10 Å². The average molecular weight is 246 g/mol. The molecule has 0 spiro atoms. The normalized spacial score (nSPS) is 24.3. The van der Waals surface area contributed by atoms with E-state index < -0.39 is 17.8 Å². The van der Waals surface area contributed by atoms with Crippen LogP contribution < -0.4 is 4.74 Å². The molecule has 0 aliphatic heterocycles. The van der Waals surface area contributed by atoms with Crippen LogP contribution in [0.25, 0.3) is 0 Å². The van der Waals surface area contributed by atoms with Crippen molar-refractivity contribution < 1.29 is 23.0 Å². The van der Waals surface area contributed by atoms with Crippen molar-refractivity contribution in [1.29, 1.82) is 0 Å². The molecule has 2 nitrogen and oxygen atoms in total. The van der Waals surface area contributed by atoms with E-state index in [1.807, 2.05) is 0 Å². The van der Waals surface area contributed by atoms with Crippen LogP contribution in [0.3, 0.4) is 0 Å². The second-order valence-electron chi connectivity index (χ2n) is 4.40. The lowest BCUT2D eigenvalue weighted by Gasteiger charge is -2.31. The highest BCUT2D eigenvalue weighted by Gasteiger charge is 2.30. The zero-order chi connectivity index (χ0) is 12.6. The Bertz CT molecular complexity index is 409. The van der Waals surface area contributed by atoms with Gasteiger partial charge in [-0.15, -0.1) is 0 Å². The minimum Gasteiger partial charge on any atom is -0.487 e. The largest absolute Gasteiger partial charge is 0.487 e. The van der Waals surface area contributed by atoms with E-state index in [-0.39, 0.29) is 17.4 Å². The predicted molar refractivity (Wildman–Crippen MR) is 55.6 cm³/mol. The van der Waals surface area contributed by atoms with Crippen molar-refractivity contribution in [3.05, 3.63) is 29.6 Å². The molecule has 1 aromatic rings. The Balaban J connectivity index is 2.09. The van der Waals surface area contributed by atoms with E-state index in [1.54, 1.807) is 0 Å². The van der Waals surface area contributed by atoms with Crippen LogP contribution in [0.4, 0.5) is 13.2 Å². The van der Waals surface area contributed by atoms with Gasteiger partial charge in [-0.2, -0.15) is 0 Å². The van der Waals surface area contributed by atoms with Crippen molar-refractivity contribution in [3.8, 4) is 5.75 Å². The maximum absolute atomic E-state index is 13.5. The number of hydrogen-bond donors (Lipinski definition) is 1. The van der Waals surface area contributed by atoms with Crippen LogP contribution >= 0.6 is 0 Å². The average Bonchev–Trinajstić information content (AvgIpc) is 2.16. The lowest BCUT2D eigenvalue weighted by molar-refractivity contribution is -0.0126. The third-order valence-electron chi connectivity index (χ3n) is 2.80. The summed E-state index contributed by atoms with van der Waals surface area (Å²) in [5, 5.41) is 9.04. The van der Waals surface area contributed by atoms with Crippen LogP contribution in [0.5, 0.6) is 5.75 Å². The Kier molecular flexibility index (Phi) is 3.03. The molecule has 94 valence electrons. The minimum absolute atomic E-state index is 0.0464. The Hall–Kier alpha value is -1.23. The molecule has 0 bridgehead atoms. The Morgan fingerprint density at radius 3 is 2.47 bits per heavy atom. The molecule has 0 saturated heterocycles. The van der Waals surface area contributed by atoms with Gasteiger partial charge in [0.2, 0.25) is 0 Å². The van der Waals surface area contributed by atoms with Crippen molar-refractivity contribution >= 4 is 0 Å². The molecule has 0 radical (unpaired) electrons. The number of aliphatic hydroxyl groups is 1. The van der Waals surface area contributed by atoms with E-state index in [2.05, 4.69) is 0 Å². The molecule has 0 atom stereocenters. The molecule has 1 N–H and O–H groups in total. The van der Waals surface area contributed by atoms with Gasteiger partial charge in [-0.25, -0.2) is 13.2 Å². The monoisotopic (exact) mass is 246 g/mol. The van der Waals surface area contributed by atoms with Gasteiger partial charge >= 0.3 is 0 Å². The minimum atomic E-state index is -3.06. The van der Waals surface area contributed by atoms with Gasteiger partial charge in [0.05, 0.1) is 6.10 Å². The molecule has 0 aromatic heterocycles. The van der Waals surface area contributed by atoms with Gasteiger partial charge in [0.25, 0.3) is 5.92 Å². The summed E-state index contributed by atoms with van der Waals surface area (Å²) < 4.78 is 44.6.